The highest BCUT2D eigenvalue weighted by Crippen LogP contribution is 2.44. The summed E-state index contributed by atoms with van der Waals surface area (Å²) in [4.78, 5) is 6.69. The van der Waals surface area contributed by atoms with Crippen molar-refractivity contribution in [2.45, 2.75) is 43.8 Å². The van der Waals surface area contributed by atoms with Gasteiger partial charge in [0.25, 0.3) is 5.92 Å². The molecule has 2 aromatic carbocycles. The second-order valence-electron chi connectivity index (χ2n) is 10.3. The van der Waals surface area contributed by atoms with E-state index in [0.717, 1.165) is 20.0 Å². The molecule has 38 heavy (non-hydrogen) atoms. The number of hydrogen-bond acceptors (Lipinski definition) is 4. The Labute approximate surface area is 231 Å². The van der Waals surface area contributed by atoms with Crippen LogP contribution in [0.15, 0.2) is 30.3 Å². The van der Waals surface area contributed by atoms with Crippen LogP contribution in [-0.2, 0) is 6.42 Å². The quantitative estimate of drug-likeness (QED) is 0.213. The predicted octanol–water partition coefficient (Wildman–Crippen LogP) is 5.47. The lowest BCUT2D eigenvalue weighted by Gasteiger charge is -2.42. The van der Waals surface area contributed by atoms with Gasteiger partial charge in [0, 0.05) is 57.1 Å². The first-order chi connectivity index (χ1) is 18.1. The summed E-state index contributed by atoms with van der Waals surface area (Å²) in [5.41, 5.74) is 2.06. The van der Waals surface area contributed by atoms with Crippen LogP contribution in [-0.4, -0.2) is 77.4 Å². The maximum Gasteiger partial charge on any atom is 0.283 e. The number of anilines is 1. The fraction of sp³-hybridized carbons (Fsp3) is 0.481. The first kappa shape index (κ1) is 27.6. The third-order valence-corrected chi connectivity index (χ3v) is 8.18. The number of benzene rings is 2. The summed E-state index contributed by atoms with van der Waals surface area (Å²) in [5, 5.41) is 13.3. The van der Waals surface area contributed by atoms with Crippen molar-refractivity contribution in [1.29, 1.82) is 0 Å². The largest absolute Gasteiger partial charge is 0.390 e. The Morgan fingerprint density at radius 1 is 1.16 bits per heavy atom. The number of alkyl halides is 3. The molecule has 1 aromatic heterocycles. The van der Waals surface area contributed by atoms with Crippen LogP contribution in [0.2, 0.25) is 0 Å². The predicted molar refractivity (Wildman–Crippen MR) is 146 cm³/mol. The Morgan fingerprint density at radius 3 is 2.53 bits per heavy atom. The van der Waals surface area contributed by atoms with Gasteiger partial charge in [-0.3, -0.25) is 14.2 Å². The van der Waals surface area contributed by atoms with Crippen LogP contribution in [0.3, 0.4) is 0 Å². The van der Waals surface area contributed by atoms with Crippen molar-refractivity contribution in [3.63, 3.8) is 0 Å². The molecule has 3 heterocycles. The van der Waals surface area contributed by atoms with Gasteiger partial charge in [-0.25, -0.2) is 17.6 Å². The van der Waals surface area contributed by atoms with Gasteiger partial charge in [-0.1, -0.05) is 0 Å². The van der Waals surface area contributed by atoms with E-state index in [1.807, 2.05) is 18.2 Å². The molecule has 0 saturated carbocycles. The Kier molecular flexibility index (Phi) is 7.92. The van der Waals surface area contributed by atoms with Crippen LogP contribution in [0, 0.1) is 15.2 Å². The topological polar surface area (TPSA) is 54.5 Å². The van der Waals surface area contributed by atoms with Crippen LogP contribution in [0.4, 0.5) is 27.6 Å². The van der Waals surface area contributed by atoms with Gasteiger partial charge < -0.3 is 15.4 Å². The van der Waals surface area contributed by atoms with Crippen molar-refractivity contribution in [3.8, 4) is 0 Å². The van der Waals surface area contributed by atoms with E-state index in [9.17, 15) is 18.3 Å². The summed E-state index contributed by atoms with van der Waals surface area (Å²) in [6.07, 6.45) is 0.863. The zero-order valence-electron chi connectivity index (χ0n) is 20.9. The number of fused-ring (bicyclic) bond motifs is 3. The third-order valence-electron chi connectivity index (χ3n) is 7.51. The third kappa shape index (κ3) is 5.39. The van der Waals surface area contributed by atoms with E-state index < -0.39 is 42.8 Å². The van der Waals surface area contributed by atoms with Crippen LogP contribution in [0.5, 0.6) is 0 Å². The molecule has 0 amide bonds. The molecular weight excluding hydrogens is 618 g/mol. The molecule has 1 saturated heterocycles. The highest BCUT2D eigenvalue weighted by Gasteiger charge is 2.43. The normalized spacial score (nSPS) is 21.1. The lowest BCUT2D eigenvalue weighted by molar-refractivity contribution is -0.0869. The van der Waals surface area contributed by atoms with E-state index >= 15 is 8.78 Å². The van der Waals surface area contributed by atoms with Gasteiger partial charge in [0.1, 0.15) is 18.2 Å². The molecule has 5 nitrogen and oxygen atoms in total. The first-order valence-electron chi connectivity index (χ1n) is 12.7. The Hall–Kier alpha value is -1.96. The molecule has 0 unspecified atom stereocenters. The SMILES string of the molecule is C[C@@H]1Cc2c([nH]c3ccc(I)cc23)[C@@H](c2c(F)cc(NC3CN(CCCF)C3)cc2F)N1CC(F)(F)CO. The number of likely N-dealkylation sites (tertiary alicyclic amines) is 1. The summed E-state index contributed by atoms with van der Waals surface area (Å²) >= 11 is 2.19. The molecule has 5 rings (SSSR count). The van der Waals surface area contributed by atoms with Gasteiger partial charge in [-0.15, -0.1) is 0 Å². The number of aromatic nitrogens is 1. The van der Waals surface area contributed by atoms with Crippen molar-refractivity contribution in [2.24, 2.45) is 0 Å². The van der Waals surface area contributed by atoms with Gasteiger partial charge in [-0.2, -0.15) is 0 Å². The minimum absolute atomic E-state index is 0.0171. The summed E-state index contributed by atoms with van der Waals surface area (Å²) in [5.74, 6) is -5.12. The highest BCUT2D eigenvalue weighted by atomic mass is 127. The van der Waals surface area contributed by atoms with Gasteiger partial charge >= 0.3 is 0 Å². The molecule has 2 aliphatic rings. The summed E-state index contributed by atoms with van der Waals surface area (Å²) < 4.78 is 73.8. The lowest BCUT2D eigenvalue weighted by Crippen LogP contribution is -2.54. The zero-order valence-corrected chi connectivity index (χ0v) is 23.0. The fourth-order valence-electron chi connectivity index (χ4n) is 5.69. The van der Waals surface area contributed by atoms with Crippen molar-refractivity contribution in [3.05, 3.63) is 62.4 Å². The maximum absolute atomic E-state index is 15.7. The minimum atomic E-state index is -3.45. The van der Waals surface area contributed by atoms with E-state index in [2.05, 4.69) is 37.8 Å². The summed E-state index contributed by atoms with van der Waals surface area (Å²) in [6.45, 7) is 1.09. The van der Waals surface area contributed by atoms with E-state index in [1.165, 1.54) is 17.0 Å². The molecular formula is C27H30F5IN4O. The van der Waals surface area contributed by atoms with E-state index in [1.54, 1.807) is 6.92 Å². The molecule has 0 bridgehead atoms. The van der Waals surface area contributed by atoms with Crippen LogP contribution in [0.25, 0.3) is 10.9 Å². The molecule has 3 aromatic rings. The van der Waals surface area contributed by atoms with Gasteiger partial charge in [-0.05, 0) is 78.3 Å². The molecule has 0 spiro atoms. The molecule has 1 fully saturated rings. The number of nitrogens with zero attached hydrogens (tertiary/aromatic N) is 2. The number of aromatic amines is 1. The molecule has 11 heteroatoms. The average Bonchev–Trinajstić information content (AvgIpc) is 3.18. The minimum Gasteiger partial charge on any atom is -0.390 e. The van der Waals surface area contributed by atoms with Crippen LogP contribution < -0.4 is 5.32 Å². The van der Waals surface area contributed by atoms with Crippen LogP contribution in [0.1, 0.15) is 36.2 Å². The lowest BCUT2D eigenvalue weighted by atomic mass is 9.87. The Bertz CT molecular complexity index is 1290. The van der Waals surface area contributed by atoms with Crippen molar-refractivity contribution < 1.29 is 27.1 Å². The summed E-state index contributed by atoms with van der Waals surface area (Å²) in [6, 6.07) is 6.54. The van der Waals surface area contributed by atoms with Gasteiger partial charge in [0.05, 0.1) is 25.3 Å². The average molecular weight is 648 g/mol. The monoisotopic (exact) mass is 648 g/mol. The van der Waals surface area contributed by atoms with Crippen LogP contribution >= 0.6 is 22.6 Å². The van der Waals surface area contributed by atoms with E-state index in [0.29, 0.717) is 38.2 Å². The first-order valence-corrected chi connectivity index (χ1v) is 13.8. The zero-order chi connectivity index (χ0) is 27.2. The van der Waals surface area contributed by atoms with Gasteiger partial charge in [0.2, 0.25) is 0 Å². The highest BCUT2D eigenvalue weighted by molar-refractivity contribution is 14.1. The van der Waals surface area contributed by atoms with Crippen molar-refractivity contribution in [1.82, 2.24) is 14.8 Å². The molecule has 0 radical (unpaired) electrons. The number of rotatable bonds is 9. The number of H-pyrrole nitrogens is 1. The smallest absolute Gasteiger partial charge is 0.283 e. The fourth-order valence-corrected chi connectivity index (χ4v) is 6.18. The molecule has 2 aliphatic heterocycles. The number of nitrogens with one attached hydrogen (secondary N) is 2. The van der Waals surface area contributed by atoms with Crippen molar-refractivity contribution in [2.75, 3.05) is 44.8 Å². The number of aliphatic hydroxyl groups is 1. The van der Waals surface area contributed by atoms with E-state index in [-0.39, 0.29) is 24.0 Å². The number of halogens is 6. The van der Waals surface area contributed by atoms with Gasteiger partial charge in [0.15, 0.2) is 0 Å². The van der Waals surface area contributed by atoms with E-state index in [4.69, 9.17) is 0 Å². The Balaban J connectivity index is 1.52. The summed E-state index contributed by atoms with van der Waals surface area (Å²) in [7, 11) is 0. The molecule has 206 valence electrons. The number of aliphatic hydroxyl groups excluding tert-OH is 1. The second-order valence-corrected chi connectivity index (χ2v) is 11.6. The maximum atomic E-state index is 15.7. The molecule has 0 aliphatic carbocycles. The molecule has 3 N–H and O–H groups in total. The standard InChI is InChI=1S/C27H30F5IN4O/c1-15-7-20-19-8-16(33)3-4-23(19)35-25(20)26(37(15)13-27(31,32)14-38)24-21(29)9-17(10-22(24)30)34-18-11-36(12-18)6-2-5-28/h3-4,8-10,15,18,26,34-35,38H,2,5-7,11-14H2,1H3/t15-,26-/m1/s1. The second kappa shape index (κ2) is 10.9. The Morgan fingerprint density at radius 2 is 1.87 bits per heavy atom. The van der Waals surface area contributed by atoms with Crippen molar-refractivity contribution >= 4 is 39.2 Å². The number of hydrogen-bond donors (Lipinski definition) is 3. The molecule has 2 atom stereocenters.